The Kier molecular flexibility index (Phi) is 3.95. The van der Waals surface area contributed by atoms with Crippen LogP contribution in [0.5, 0.6) is 0 Å². The molecule has 2 aromatic rings. The number of amides is 1. The summed E-state index contributed by atoms with van der Waals surface area (Å²) in [5, 5.41) is 14.0. The van der Waals surface area contributed by atoms with Gasteiger partial charge in [0.25, 0.3) is 5.91 Å². The lowest BCUT2D eigenvalue weighted by atomic mass is 10.0. The first-order valence-corrected chi connectivity index (χ1v) is 6.12. The van der Waals surface area contributed by atoms with Gasteiger partial charge in [0.05, 0.1) is 6.10 Å². The lowest BCUT2D eigenvalue weighted by molar-refractivity contribution is 0.0947. The first-order valence-electron chi connectivity index (χ1n) is 6.12. The van der Waals surface area contributed by atoms with Crippen LogP contribution in [0.15, 0.2) is 42.5 Å². The molecule has 94 valence electrons. The zero-order chi connectivity index (χ0) is 13.0. The Morgan fingerprint density at radius 1 is 1.22 bits per heavy atom. The van der Waals surface area contributed by atoms with Gasteiger partial charge < -0.3 is 10.4 Å². The summed E-state index contributed by atoms with van der Waals surface area (Å²) in [5.74, 6) is -0.0903. The molecule has 0 saturated carbocycles. The fourth-order valence-electron chi connectivity index (χ4n) is 1.91. The van der Waals surface area contributed by atoms with Crippen LogP contribution in [-0.4, -0.2) is 23.7 Å². The van der Waals surface area contributed by atoms with Crippen molar-refractivity contribution >= 4 is 16.7 Å². The van der Waals surface area contributed by atoms with E-state index in [9.17, 15) is 4.79 Å². The van der Waals surface area contributed by atoms with E-state index < -0.39 is 6.10 Å². The lowest BCUT2D eigenvalue weighted by Crippen LogP contribution is -2.26. The Labute approximate surface area is 106 Å². The van der Waals surface area contributed by atoms with Gasteiger partial charge in [0.1, 0.15) is 0 Å². The minimum atomic E-state index is -0.391. The van der Waals surface area contributed by atoms with Crippen molar-refractivity contribution in [1.82, 2.24) is 5.32 Å². The highest BCUT2D eigenvalue weighted by Gasteiger charge is 2.08. The fraction of sp³-hybridized carbons (Fsp3) is 0.267. The summed E-state index contributed by atoms with van der Waals surface area (Å²) in [7, 11) is 0. The number of carbonyl (C=O) groups is 1. The van der Waals surface area contributed by atoms with Gasteiger partial charge in [-0.2, -0.15) is 0 Å². The molecule has 2 aromatic carbocycles. The normalized spacial score (nSPS) is 12.3. The van der Waals surface area contributed by atoms with E-state index in [0.717, 1.165) is 10.8 Å². The minimum absolute atomic E-state index is 0.0903. The molecule has 18 heavy (non-hydrogen) atoms. The van der Waals surface area contributed by atoms with Crippen LogP contribution < -0.4 is 5.32 Å². The van der Waals surface area contributed by atoms with Crippen LogP contribution in [0.3, 0.4) is 0 Å². The average molecular weight is 243 g/mol. The topological polar surface area (TPSA) is 49.3 Å². The Balaban J connectivity index is 2.17. The van der Waals surface area contributed by atoms with E-state index in [2.05, 4.69) is 5.32 Å². The van der Waals surface area contributed by atoms with Crippen LogP contribution in [0.25, 0.3) is 10.8 Å². The summed E-state index contributed by atoms with van der Waals surface area (Å²) in [6, 6.07) is 13.5. The van der Waals surface area contributed by atoms with Crippen LogP contribution in [0.2, 0.25) is 0 Å². The maximum Gasteiger partial charge on any atom is 0.251 e. The van der Waals surface area contributed by atoms with Crippen LogP contribution in [-0.2, 0) is 0 Å². The molecule has 0 aliphatic rings. The number of hydrogen-bond acceptors (Lipinski definition) is 2. The van der Waals surface area contributed by atoms with E-state index >= 15 is 0 Å². The van der Waals surface area contributed by atoms with Gasteiger partial charge in [0.2, 0.25) is 0 Å². The summed E-state index contributed by atoms with van der Waals surface area (Å²) >= 11 is 0. The second-order valence-electron chi connectivity index (χ2n) is 4.42. The first-order chi connectivity index (χ1) is 8.68. The molecule has 2 rings (SSSR count). The summed E-state index contributed by atoms with van der Waals surface area (Å²) in [6.07, 6.45) is 0.175. The van der Waals surface area contributed by atoms with Crippen LogP contribution in [0.1, 0.15) is 23.7 Å². The maximum atomic E-state index is 12.0. The predicted molar refractivity (Wildman–Crippen MR) is 72.6 cm³/mol. The number of hydrogen-bond donors (Lipinski definition) is 2. The van der Waals surface area contributed by atoms with E-state index in [1.54, 1.807) is 6.92 Å². The standard InChI is InChI=1S/C15H17NO2/c1-11(17)9-10-16-15(18)14-8-4-6-12-5-2-3-7-13(12)14/h2-8,11,17H,9-10H2,1H3,(H,16,18). The molecule has 2 N–H and O–H groups in total. The first kappa shape index (κ1) is 12.6. The molecule has 0 saturated heterocycles. The molecule has 0 radical (unpaired) electrons. The Morgan fingerprint density at radius 2 is 1.94 bits per heavy atom. The summed E-state index contributed by atoms with van der Waals surface area (Å²) < 4.78 is 0. The quantitative estimate of drug-likeness (QED) is 0.866. The highest BCUT2D eigenvalue weighted by Crippen LogP contribution is 2.18. The number of rotatable bonds is 4. The number of carbonyl (C=O) groups excluding carboxylic acids is 1. The van der Waals surface area contributed by atoms with E-state index in [1.165, 1.54) is 0 Å². The molecular weight excluding hydrogens is 226 g/mol. The van der Waals surface area contributed by atoms with Crippen molar-refractivity contribution in [3.63, 3.8) is 0 Å². The van der Waals surface area contributed by atoms with Crippen LogP contribution in [0, 0.1) is 0 Å². The highest BCUT2D eigenvalue weighted by atomic mass is 16.3. The molecular formula is C15H17NO2. The van der Waals surface area contributed by atoms with Gasteiger partial charge in [-0.25, -0.2) is 0 Å². The molecule has 3 nitrogen and oxygen atoms in total. The van der Waals surface area contributed by atoms with Crippen molar-refractivity contribution in [2.45, 2.75) is 19.4 Å². The molecule has 0 aliphatic heterocycles. The molecule has 0 bridgehead atoms. The van der Waals surface area contributed by atoms with E-state index in [1.807, 2.05) is 42.5 Å². The van der Waals surface area contributed by atoms with Crippen molar-refractivity contribution in [3.8, 4) is 0 Å². The van der Waals surface area contributed by atoms with E-state index in [-0.39, 0.29) is 5.91 Å². The molecule has 1 amide bonds. The zero-order valence-electron chi connectivity index (χ0n) is 10.4. The third-order valence-electron chi connectivity index (χ3n) is 2.88. The molecule has 0 fully saturated rings. The van der Waals surface area contributed by atoms with Gasteiger partial charge >= 0.3 is 0 Å². The Morgan fingerprint density at radius 3 is 2.72 bits per heavy atom. The molecule has 1 unspecified atom stereocenters. The second kappa shape index (κ2) is 5.65. The lowest BCUT2D eigenvalue weighted by Gasteiger charge is -2.09. The van der Waals surface area contributed by atoms with Crippen LogP contribution in [0.4, 0.5) is 0 Å². The van der Waals surface area contributed by atoms with Gasteiger partial charge in [-0.1, -0.05) is 36.4 Å². The minimum Gasteiger partial charge on any atom is -0.393 e. The van der Waals surface area contributed by atoms with Gasteiger partial charge in [-0.15, -0.1) is 0 Å². The molecule has 0 spiro atoms. The highest BCUT2D eigenvalue weighted by molar-refractivity contribution is 6.06. The maximum absolute atomic E-state index is 12.0. The number of nitrogens with one attached hydrogen (secondary N) is 1. The van der Waals surface area contributed by atoms with Crippen LogP contribution >= 0.6 is 0 Å². The van der Waals surface area contributed by atoms with Crippen molar-refractivity contribution < 1.29 is 9.90 Å². The van der Waals surface area contributed by atoms with Crippen molar-refractivity contribution in [1.29, 1.82) is 0 Å². The van der Waals surface area contributed by atoms with Gasteiger partial charge in [-0.05, 0) is 30.2 Å². The van der Waals surface area contributed by atoms with Gasteiger partial charge in [-0.3, -0.25) is 4.79 Å². The number of fused-ring (bicyclic) bond motifs is 1. The molecule has 0 aliphatic carbocycles. The molecule has 3 heteroatoms. The smallest absolute Gasteiger partial charge is 0.251 e. The molecule has 0 aromatic heterocycles. The fourth-order valence-corrected chi connectivity index (χ4v) is 1.91. The van der Waals surface area contributed by atoms with Gasteiger partial charge in [0.15, 0.2) is 0 Å². The van der Waals surface area contributed by atoms with E-state index in [0.29, 0.717) is 18.5 Å². The second-order valence-corrected chi connectivity index (χ2v) is 4.42. The van der Waals surface area contributed by atoms with Crippen molar-refractivity contribution in [2.24, 2.45) is 0 Å². The third kappa shape index (κ3) is 2.87. The zero-order valence-corrected chi connectivity index (χ0v) is 10.4. The van der Waals surface area contributed by atoms with Crippen molar-refractivity contribution in [2.75, 3.05) is 6.54 Å². The Hall–Kier alpha value is -1.87. The number of benzene rings is 2. The summed E-state index contributed by atoms with van der Waals surface area (Å²) in [6.45, 7) is 2.20. The third-order valence-corrected chi connectivity index (χ3v) is 2.88. The number of aliphatic hydroxyl groups is 1. The summed E-state index contributed by atoms with van der Waals surface area (Å²) in [4.78, 5) is 12.0. The Bertz CT molecular complexity index is 544. The largest absolute Gasteiger partial charge is 0.393 e. The van der Waals surface area contributed by atoms with Crippen molar-refractivity contribution in [3.05, 3.63) is 48.0 Å². The molecule has 1 atom stereocenters. The SMILES string of the molecule is CC(O)CCNC(=O)c1cccc2ccccc12. The average Bonchev–Trinajstić information content (AvgIpc) is 2.37. The number of aliphatic hydroxyl groups excluding tert-OH is 1. The van der Waals surface area contributed by atoms with Gasteiger partial charge in [0, 0.05) is 12.1 Å². The predicted octanol–water partition coefficient (Wildman–Crippen LogP) is 2.34. The monoisotopic (exact) mass is 243 g/mol. The summed E-state index contributed by atoms with van der Waals surface area (Å²) in [5.41, 5.74) is 0.679. The molecule has 0 heterocycles. The van der Waals surface area contributed by atoms with E-state index in [4.69, 9.17) is 5.11 Å².